The van der Waals surface area contributed by atoms with Crippen molar-refractivity contribution in [1.29, 1.82) is 0 Å². The van der Waals surface area contributed by atoms with Crippen LogP contribution in [0.25, 0.3) is 0 Å². The number of nitrogens with one attached hydrogen (secondary N) is 2. The lowest BCUT2D eigenvalue weighted by Crippen LogP contribution is -2.49. The fraction of sp³-hybridized carbons (Fsp3) is 0.870. The highest BCUT2D eigenvalue weighted by Gasteiger charge is 2.29. The van der Waals surface area contributed by atoms with Gasteiger partial charge in [-0.3, -0.25) is 14.9 Å². The van der Waals surface area contributed by atoms with E-state index in [0.29, 0.717) is 11.5 Å². The van der Waals surface area contributed by atoms with E-state index in [1.165, 1.54) is 11.8 Å². The lowest BCUT2D eigenvalue weighted by atomic mass is 10.0. The van der Waals surface area contributed by atoms with Crippen LogP contribution in [0, 0.1) is 5.92 Å². The molecule has 0 aromatic carbocycles. The van der Waals surface area contributed by atoms with E-state index in [4.69, 9.17) is 14.2 Å². The summed E-state index contributed by atoms with van der Waals surface area (Å²) in [6.45, 7) is 18.6. The number of hydrogen-bond donors (Lipinski definition) is 2. The Balaban J connectivity index is 5.06. The molecule has 32 heavy (non-hydrogen) atoms. The Morgan fingerprint density at radius 3 is 1.91 bits per heavy atom. The molecule has 1 amide bonds. The largest absolute Gasteiger partial charge is 0.465 e. The molecule has 2 N–H and O–H groups in total. The van der Waals surface area contributed by atoms with E-state index >= 15 is 0 Å². The number of alkyl carbamates (subject to hydrolysis) is 1. The molecule has 8 nitrogen and oxygen atoms in total. The minimum Gasteiger partial charge on any atom is -0.465 e. The normalized spacial score (nSPS) is 15.8. The van der Waals surface area contributed by atoms with Crippen LogP contribution in [0.5, 0.6) is 0 Å². The molecule has 0 spiro atoms. The Hall–Kier alpha value is -1.48. The maximum absolute atomic E-state index is 12.4. The Morgan fingerprint density at radius 2 is 1.44 bits per heavy atom. The summed E-state index contributed by atoms with van der Waals surface area (Å²) in [4.78, 5) is 37.0. The van der Waals surface area contributed by atoms with Crippen molar-refractivity contribution in [3.05, 3.63) is 0 Å². The zero-order valence-corrected chi connectivity index (χ0v) is 22.3. The second-order valence-corrected chi connectivity index (χ2v) is 11.0. The smallest absolute Gasteiger partial charge is 0.407 e. The molecule has 0 aromatic heterocycles. The van der Waals surface area contributed by atoms with Crippen LogP contribution in [0.3, 0.4) is 0 Å². The van der Waals surface area contributed by atoms with Crippen molar-refractivity contribution >= 4 is 29.8 Å². The number of amides is 1. The molecule has 0 radical (unpaired) electrons. The molecule has 0 saturated carbocycles. The molecule has 0 aliphatic carbocycles. The van der Waals surface area contributed by atoms with E-state index in [1.807, 2.05) is 20.8 Å². The summed E-state index contributed by atoms with van der Waals surface area (Å²) >= 11 is 1.51. The predicted molar refractivity (Wildman–Crippen MR) is 129 cm³/mol. The second kappa shape index (κ2) is 13.9. The van der Waals surface area contributed by atoms with Crippen molar-refractivity contribution in [2.24, 2.45) is 5.92 Å². The molecule has 0 saturated heterocycles. The predicted octanol–water partition coefficient (Wildman–Crippen LogP) is 3.91. The van der Waals surface area contributed by atoms with Gasteiger partial charge in [-0.05, 0) is 61.3 Å². The van der Waals surface area contributed by atoms with Crippen LogP contribution >= 0.6 is 11.8 Å². The van der Waals surface area contributed by atoms with Gasteiger partial charge >= 0.3 is 18.0 Å². The van der Waals surface area contributed by atoms with Gasteiger partial charge in [0.2, 0.25) is 0 Å². The highest BCUT2D eigenvalue weighted by molar-refractivity contribution is 7.99. The zero-order valence-electron chi connectivity index (χ0n) is 21.5. The van der Waals surface area contributed by atoms with E-state index < -0.39 is 41.3 Å². The molecule has 4 atom stereocenters. The van der Waals surface area contributed by atoms with Crippen LogP contribution in [-0.2, 0) is 23.8 Å². The summed E-state index contributed by atoms with van der Waals surface area (Å²) < 4.78 is 15.9. The molecule has 0 rings (SSSR count). The van der Waals surface area contributed by atoms with Crippen molar-refractivity contribution in [2.75, 3.05) is 18.1 Å². The zero-order chi connectivity index (χ0) is 25.1. The van der Waals surface area contributed by atoms with Gasteiger partial charge in [-0.1, -0.05) is 20.3 Å². The summed E-state index contributed by atoms with van der Waals surface area (Å²) in [6.07, 6.45) is 0.429. The lowest BCUT2D eigenvalue weighted by molar-refractivity contribution is -0.157. The minimum atomic E-state index is -0.679. The maximum Gasteiger partial charge on any atom is 0.407 e. The van der Waals surface area contributed by atoms with Crippen molar-refractivity contribution in [3.63, 3.8) is 0 Å². The van der Waals surface area contributed by atoms with Gasteiger partial charge in [-0.2, -0.15) is 11.8 Å². The molecule has 0 aromatic rings. The highest BCUT2D eigenvalue weighted by Crippen LogP contribution is 2.17. The van der Waals surface area contributed by atoms with Crippen LogP contribution in [0.15, 0.2) is 0 Å². The van der Waals surface area contributed by atoms with Gasteiger partial charge in [-0.15, -0.1) is 0 Å². The molecule has 9 heteroatoms. The minimum absolute atomic E-state index is 0.119. The first kappa shape index (κ1) is 30.5. The SMILES string of the molecule is CCOC(=O)[C@H](CSC[C@@H](NC(=O)OC(C)(C)C)[C@@H](C)CC)NC(C)C(=O)OC(C)(C)C. The van der Waals surface area contributed by atoms with Crippen LogP contribution in [0.2, 0.25) is 0 Å². The average Bonchev–Trinajstić information content (AvgIpc) is 2.62. The van der Waals surface area contributed by atoms with Crippen LogP contribution < -0.4 is 10.6 Å². The van der Waals surface area contributed by atoms with Gasteiger partial charge in [0, 0.05) is 17.5 Å². The van der Waals surface area contributed by atoms with Crippen molar-refractivity contribution in [3.8, 4) is 0 Å². The maximum atomic E-state index is 12.4. The van der Waals surface area contributed by atoms with Gasteiger partial charge in [0.1, 0.15) is 23.3 Å². The van der Waals surface area contributed by atoms with Crippen LogP contribution in [0.1, 0.15) is 75.7 Å². The van der Waals surface area contributed by atoms with Crippen LogP contribution in [-0.4, -0.2) is 65.5 Å². The molecule has 188 valence electrons. The molecule has 0 bridgehead atoms. The number of ether oxygens (including phenoxy) is 3. The van der Waals surface area contributed by atoms with Gasteiger partial charge < -0.3 is 19.5 Å². The molecular weight excluding hydrogens is 432 g/mol. The molecule has 0 fully saturated rings. The Labute approximate surface area is 198 Å². The van der Waals surface area contributed by atoms with Gasteiger partial charge in [0.05, 0.1) is 6.61 Å². The van der Waals surface area contributed by atoms with Crippen LogP contribution in [0.4, 0.5) is 4.79 Å². The number of thioether (sulfide) groups is 1. The molecule has 0 aliphatic heterocycles. The molecular formula is C23H44N2O6S. The van der Waals surface area contributed by atoms with Gasteiger partial charge in [0.15, 0.2) is 0 Å². The first-order valence-electron chi connectivity index (χ1n) is 11.3. The van der Waals surface area contributed by atoms with E-state index in [1.54, 1.807) is 34.6 Å². The third-order valence-electron chi connectivity index (χ3n) is 4.40. The number of carbonyl (C=O) groups is 3. The van der Waals surface area contributed by atoms with Crippen molar-refractivity contribution in [1.82, 2.24) is 10.6 Å². The number of carbonyl (C=O) groups excluding carboxylic acids is 3. The average molecular weight is 477 g/mol. The summed E-state index contributed by atoms with van der Waals surface area (Å²) in [6, 6.07) is -1.47. The van der Waals surface area contributed by atoms with Gasteiger partial charge in [0.25, 0.3) is 0 Å². The third kappa shape index (κ3) is 13.8. The standard InChI is InChI=1S/C23H44N2O6S/c1-11-15(3)17(25-21(28)31-23(8,9)10)13-32-14-18(20(27)29-12-2)24-16(4)19(26)30-22(5,6)7/h15-18,24H,11-14H2,1-10H3,(H,25,28)/t15-,16?,17+,18-/m0/s1. The lowest BCUT2D eigenvalue weighted by Gasteiger charge is -2.28. The monoisotopic (exact) mass is 476 g/mol. The first-order valence-corrected chi connectivity index (χ1v) is 12.5. The fourth-order valence-corrected chi connectivity index (χ4v) is 3.86. The summed E-state index contributed by atoms with van der Waals surface area (Å²) in [5.41, 5.74) is -1.19. The summed E-state index contributed by atoms with van der Waals surface area (Å²) in [7, 11) is 0. The Bertz CT molecular complexity index is 600. The molecule has 1 unspecified atom stereocenters. The summed E-state index contributed by atoms with van der Waals surface area (Å²) in [5.74, 6) is 0.350. The Kier molecular flexibility index (Phi) is 13.3. The number of hydrogen-bond acceptors (Lipinski definition) is 8. The van der Waals surface area contributed by atoms with Crippen molar-refractivity contribution < 1.29 is 28.6 Å². The second-order valence-electron chi connectivity index (χ2n) is 9.90. The number of rotatable bonds is 12. The van der Waals surface area contributed by atoms with E-state index in [2.05, 4.69) is 24.5 Å². The quantitative estimate of drug-likeness (QED) is 0.323. The van der Waals surface area contributed by atoms with E-state index in [0.717, 1.165) is 6.42 Å². The molecule has 0 heterocycles. The third-order valence-corrected chi connectivity index (χ3v) is 5.56. The van der Waals surface area contributed by atoms with E-state index in [9.17, 15) is 14.4 Å². The number of esters is 2. The van der Waals surface area contributed by atoms with Crippen molar-refractivity contribution in [2.45, 2.75) is 105 Å². The fourth-order valence-electron chi connectivity index (χ4n) is 2.59. The molecule has 0 aliphatic rings. The Morgan fingerprint density at radius 1 is 0.875 bits per heavy atom. The van der Waals surface area contributed by atoms with E-state index in [-0.39, 0.29) is 18.6 Å². The van der Waals surface area contributed by atoms with Gasteiger partial charge in [-0.25, -0.2) is 4.79 Å². The first-order chi connectivity index (χ1) is 14.6. The topological polar surface area (TPSA) is 103 Å². The highest BCUT2D eigenvalue weighted by atomic mass is 32.2. The summed E-state index contributed by atoms with van der Waals surface area (Å²) in [5, 5.41) is 5.98.